The molecule has 3 N–H and O–H groups in total. The van der Waals surface area contributed by atoms with Gasteiger partial charge in [-0.3, -0.25) is 4.79 Å². The third-order valence-electron chi connectivity index (χ3n) is 5.94. The summed E-state index contributed by atoms with van der Waals surface area (Å²) in [5.41, 5.74) is 2.55. The van der Waals surface area contributed by atoms with Crippen molar-refractivity contribution >= 4 is 21.9 Å². The first-order valence-electron chi connectivity index (χ1n) is 11.7. The zero-order valence-electron chi connectivity index (χ0n) is 20.7. The van der Waals surface area contributed by atoms with E-state index < -0.39 is 27.6 Å². The number of aryl methyl sites for hydroxylation is 2. The number of aromatic nitrogens is 2. The van der Waals surface area contributed by atoms with Crippen molar-refractivity contribution < 1.29 is 23.1 Å². The van der Waals surface area contributed by atoms with Crippen LogP contribution in [-0.2, 0) is 10.0 Å². The number of benzene rings is 2. The van der Waals surface area contributed by atoms with Gasteiger partial charge in [-0.1, -0.05) is 24.3 Å². The monoisotopic (exact) mass is 510 g/mol. The van der Waals surface area contributed by atoms with Crippen molar-refractivity contribution in [2.75, 3.05) is 11.3 Å². The molecular formula is C26H30N4O5S. The molecule has 1 amide bonds. The lowest BCUT2D eigenvalue weighted by Crippen LogP contribution is -2.40. The van der Waals surface area contributed by atoms with Crippen LogP contribution < -0.4 is 14.8 Å². The van der Waals surface area contributed by atoms with E-state index in [1.165, 1.54) is 24.3 Å². The summed E-state index contributed by atoms with van der Waals surface area (Å²) in [6.07, 6.45) is 0.854. The van der Waals surface area contributed by atoms with Gasteiger partial charge in [0.15, 0.2) is 0 Å². The van der Waals surface area contributed by atoms with Gasteiger partial charge in [0.1, 0.15) is 6.61 Å². The first kappa shape index (κ1) is 25.6. The van der Waals surface area contributed by atoms with Crippen LogP contribution in [-0.4, -0.2) is 47.6 Å². The van der Waals surface area contributed by atoms with E-state index in [1.807, 2.05) is 32.0 Å². The van der Waals surface area contributed by atoms with E-state index in [0.717, 1.165) is 16.7 Å². The fraction of sp³-hybridized carbons (Fsp3) is 0.346. The number of carbonyl (C=O) groups excluding carboxylic acids is 1. The Bertz CT molecular complexity index is 1380. The number of fused-ring (bicyclic) bond motifs is 4. The largest absolute Gasteiger partial charge is 0.475 e. The summed E-state index contributed by atoms with van der Waals surface area (Å²) in [4.78, 5) is 21.6. The summed E-state index contributed by atoms with van der Waals surface area (Å²) in [6.45, 7) is 7.36. The van der Waals surface area contributed by atoms with Gasteiger partial charge < -0.3 is 15.2 Å². The van der Waals surface area contributed by atoms with Crippen molar-refractivity contribution in [3.63, 3.8) is 0 Å². The van der Waals surface area contributed by atoms with Crippen molar-refractivity contribution in [2.24, 2.45) is 0 Å². The number of aliphatic hydroxyl groups is 1. The van der Waals surface area contributed by atoms with Gasteiger partial charge in [-0.2, -0.15) is 4.98 Å². The van der Waals surface area contributed by atoms with Crippen LogP contribution in [0.5, 0.6) is 5.88 Å². The van der Waals surface area contributed by atoms with Gasteiger partial charge in [-0.25, -0.2) is 18.1 Å². The molecular weight excluding hydrogens is 480 g/mol. The summed E-state index contributed by atoms with van der Waals surface area (Å²) in [5, 5.41) is 13.1. The normalized spacial score (nSPS) is 17.5. The molecule has 1 aromatic heterocycles. The molecule has 2 aromatic carbocycles. The van der Waals surface area contributed by atoms with Crippen LogP contribution in [0, 0.1) is 13.8 Å². The molecule has 10 heteroatoms. The lowest BCUT2D eigenvalue weighted by atomic mass is 9.99. The third kappa shape index (κ3) is 6.00. The van der Waals surface area contributed by atoms with Gasteiger partial charge in [0.2, 0.25) is 11.8 Å². The van der Waals surface area contributed by atoms with E-state index in [1.54, 1.807) is 19.9 Å². The molecule has 3 aromatic rings. The maximum absolute atomic E-state index is 13.1. The van der Waals surface area contributed by atoms with Gasteiger partial charge in [0.25, 0.3) is 15.9 Å². The molecule has 1 aliphatic rings. The second kappa shape index (κ2) is 9.87. The molecule has 0 fully saturated rings. The van der Waals surface area contributed by atoms with Gasteiger partial charge in [0.05, 0.1) is 22.2 Å². The Kier molecular flexibility index (Phi) is 7.01. The molecule has 0 saturated carbocycles. The van der Waals surface area contributed by atoms with Crippen LogP contribution in [0.1, 0.15) is 48.2 Å². The van der Waals surface area contributed by atoms with Crippen molar-refractivity contribution in [1.29, 1.82) is 0 Å². The highest BCUT2D eigenvalue weighted by atomic mass is 32.2. The molecule has 0 spiro atoms. The van der Waals surface area contributed by atoms with Crippen LogP contribution >= 0.6 is 0 Å². The Morgan fingerprint density at radius 3 is 2.47 bits per heavy atom. The minimum atomic E-state index is -4.09. The Hall–Kier alpha value is -3.50. The third-order valence-corrected chi connectivity index (χ3v) is 7.27. The zero-order chi connectivity index (χ0) is 26.1. The highest BCUT2D eigenvalue weighted by Crippen LogP contribution is 2.29. The number of nitrogens with one attached hydrogen (secondary N) is 2. The maximum Gasteiger partial charge on any atom is 0.264 e. The number of rotatable bonds is 4. The van der Waals surface area contributed by atoms with Crippen molar-refractivity contribution in [1.82, 2.24) is 15.3 Å². The van der Waals surface area contributed by atoms with Crippen LogP contribution in [0.3, 0.4) is 0 Å². The SMILES string of the molecule is Cc1cccc(C)c1-c1cc2nc(n1)NS(=O)(=O)c1cccc(c1)C(=O)N[C@H](CCC(C)(C)O)CO2. The molecule has 0 aliphatic carbocycles. The quantitative estimate of drug-likeness (QED) is 0.489. The van der Waals surface area contributed by atoms with E-state index >= 15 is 0 Å². The fourth-order valence-electron chi connectivity index (χ4n) is 4.05. The molecule has 1 atom stereocenters. The van der Waals surface area contributed by atoms with Crippen molar-refractivity contribution in [2.45, 2.75) is 57.1 Å². The number of ether oxygens (including phenoxy) is 1. The lowest BCUT2D eigenvalue weighted by molar-refractivity contribution is 0.0612. The van der Waals surface area contributed by atoms with Crippen LogP contribution in [0.25, 0.3) is 11.3 Å². The molecule has 4 rings (SSSR count). The van der Waals surface area contributed by atoms with E-state index in [9.17, 15) is 18.3 Å². The second-order valence-corrected chi connectivity index (χ2v) is 11.3. The molecule has 190 valence electrons. The van der Waals surface area contributed by atoms with E-state index in [-0.39, 0.29) is 28.9 Å². The van der Waals surface area contributed by atoms with Gasteiger partial charge in [0, 0.05) is 17.2 Å². The molecule has 9 nitrogen and oxygen atoms in total. The maximum atomic E-state index is 13.1. The summed E-state index contributed by atoms with van der Waals surface area (Å²) >= 11 is 0. The average molecular weight is 511 g/mol. The molecule has 4 bridgehead atoms. The minimum Gasteiger partial charge on any atom is -0.475 e. The number of amides is 1. The van der Waals surface area contributed by atoms with Gasteiger partial charge in [-0.05, 0) is 69.9 Å². The lowest BCUT2D eigenvalue weighted by Gasteiger charge is -2.23. The zero-order valence-corrected chi connectivity index (χ0v) is 21.5. The molecule has 1 aliphatic heterocycles. The van der Waals surface area contributed by atoms with Crippen molar-refractivity contribution in [3.05, 3.63) is 65.2 Å². The number of nitrogens with zero attached hydrogens (tertiary/aromatic N) is 2. The van der Waals surface area contributed by atoms with E-state index in [0.29, 0.717) is 18.5 Å². The first-order chi connectivity index (χ1) is 16.9. The fourth-order valence-corrected chi connectivity index (χ4v) is 5.04. The Morgan fingerprint density at radius 1 is 1.08 bits per heavy atom. The summed E-state index contributed by atoms with van der Waals surface area (Å²) in [5.74, 6) is -0.416. The number of carbonyl (C=O) groups is 1. The molecule has 0 unspecified atom stereocenters. The summed E-state index contributed by atoms with van der Waals surface area (Å²) < 4.78 is 34.7. The summed E-state index contributed by atoms with van der Waals surface area (Å²) in [6, 6.07) is 12.8. The standard InChI is InChI=1S/C26H30N4O5S/c1-16-7-5-8-17(2)23(16)21-14-22-29-25(28-21)30-36(33,34)20-10-6-9-18(13-20)24(31)27-19(15-35-22)11-12-26(3,4)32/h5-10,13-14,19,32H,11-12,15H2,1-4H3,(H,27,31)(H,28,29,30)/t19-/m1/s1. The molecule has 0 saturated heterocycles. The Balaban J connectivity index is 1.82. The molecule has 2 heterocycles. The van der Waals surface area contributed by atoms with Gasteiger partial charge in [-0.15, -0.1) is 0 Å². The predicted octanol–water partition coefficient (Wildman–Crippen LogP) is 3.60. The highest BCUT2D eigenvalue weighted by Gasteiger charge is 2.24. The number of sulfonamides is 1. The van der Waals surface area contributed by atoms with Crippen LogP contribution in [0.15, 0.2) is 53.4 Å². The Morgan fingerprint density at radius 2 is 1.78 bits per heavy atom. The predicted molar refractivity (Wildman–Crippen MR) is 136 cm³/mol. The van der Waals surface area contributed by atoms with Crippen LogP contribution in [0.4, 0.5) is 5.95 Å². The van der Waals surface area contributed by atoms with Crippen LogP contribution in [0.2, 0.25) is 0 Å². The van der Waals surface area contributed by atoms with E-state index in [4.69, 9.17) is 4.74 Å². The highest BCUT2D eigenvalue weighted by molar-refractivity contribution is 7.92. The second-order valence-electron chi connectivity index (χ2n) is 9.65. The Labute approximate surface area is 211 Å². The number of anilines is 1. The molecule has 0 radical (unpaired) electrons. The minimum absolute atomic E-state index is 0.0664. The average Bonchev–Trinajstić information content (AvgIpc) is 2.79. The van der Waals surface area contributed by atoms with Gasteiger partial charge >= 0.3 is 0 Å². The first-order valence-corrected chi connectivity index (χ1v) is 13.1. The summed E-state index contributed by atoms with van der Waals surface area (Å²) in [7, 11) is -4.09. The molecule has 36 heavy (non-hydrogen) atoms. The number of hydrogen-bond donors (Lipinski definition) is 3. The topological polar surface area (TPSA) is 131 Å². The smallest absolute Gasteiger partial charge is 0.264 e. The number of hydrogen-bond acceptors (Lipinski definition) is 7. The van der Waals surface area contributed by atoms with E-state index in [2.05, 4.69) is 20.0 Å². The van der Waals surface area contributed by atoms with Crippen molar-refractivity contribution in [3.8, 4) is 17.1 Å².